The maximum absolute atomic E-state index is 8.45. The largest absolute Gasteiger partial charge is 0.192 e. The van der Waals surface area contributed by atoms with Crippen LogP contribution in [-0.4, -0.2) is 7.85 Å². The lowest BCUT2D eigenvalue weighted by Gasteiger charge is -1.94. The number of nitriles is 1. The molecule has 0 aliphatic rings. The number of nitrogens with zero attached hydrogens (tertiary/aromatic N) is 1. The number of halogens is 1. The molecule has 0 saturated carbocycles. The van der Waals surface area contributed by atoms with Crippen LogP contribution in [0, 0.1) is 11.3 Å². The Kier molecular flexibility index (Phi) is 1.98. The normalized spacial score (nSPS) is 8.80. The van der Waals surface area contributed by atoms with Crippen molar-refractivity contribution in [2.45, 2.75) is 0 Å². The number of hydrogen-bond donors (Lipinski definition) is 0. The van der Waals surface area contributed by atoms with Crippen molar-refractivity contribution >= 4 is 24.9 Å². The summed E-state index contributed by atoms with van der Waals surface area (Å²) in [6.45, 7) is 0. The predicted molar refractivity (Wildman–Crippen MR) is 41.6 cm³/mol. The summed E-state index contributed by atoms with van der Waals surface area (Å²) in [4.78, 5) is 0. The molecule has 1 rings (SSSR count). The molecule has 0 aliphatic carbocycles. The lowest BCUT2D eigenvalue weighted by molar-refractivity contribution is 1.49. The van der Waals surface area contributed by atoms with Crippen LogP contribution in [0.25, 0.3) is 0 Å². The third kappa shape index (κ3) is 1.31. The minimum atomic E-state index is 0.418. The average molecular weight is 147 g/mol. The van der Waals surface area contributed by atoms with Crippen LogP contribution in [0.4, 0.5) is 0 Å². The topological polar surface area (TPSA) is 23.8 Å². The maximum atomic E-state index is 8.45. The molecule has 0 atom stereocenters. The SMILES string of the molecule is [B]c1ccc(Cl)c(C#N)c1. The fourth-order valence-corrected chi connectivity index (χ4v) is 0.788. The predicted octanol–water partition coefficient (Wildman–Crippen LogP) is 1.01. The van der Waals surface area contributed by atoms with Gasteiger partial charge < -0.3 is 0 Å². The van der Waals surface area contributed by atoms with E-state index < -0.39 is 0 Å². The molecule has 0 aromatic heterocycles. The second-order valence-corrected chi connectivity index (χ2v) is 2.26. The van der Waals surface area contributed by atoms with E-state index in [9.17, 15) is 0 Å². The molecule has 0 heterocycles. The first-order chi connectivity index (χ1) is 4.74. The van der Waals surface area contributed by atoms with Crippen molar-refractivity contribution < 1.29 is 0 Å². The average Bonchev–Trinajstić information content (AvgIpc) is 1.94. The Morgan fingerprint density at radius 3 is 2.70 bits per heavy atom. The first-order valence-electron chi connectivity index (χ1n) is 2.69. The number of rotatable bonds is 0. The molecule has 3 heteroatoms. The Morgan fingerprint density at radius 1 is 1.50 bits per heavy atom. The molecule has 0 unspecified atom stereocenters. The highest BCUT2D eigenvalue weighted by Gasteiger charge is 1.96. The van der Waals surface area contributed by atoms with Crippen LogP contribution in [-0.2, 0) is 0 Å². The summed E-state index contributed by atoms with van der Waals surface area (Å²) in [7, 11) is 5.39. The van der Waals surface area contributed by atoms with E-state index in [4.69, 9.17) is 24.7 Å². The van der Waals surface area contributed by atoms with Gasteiger partial charge >= 0.3 is 0 Å². The molecular weight excluding hydrogens is 144 g/mol. The molecule has 0 aliphatic heterocycles. The second-order valence-electron chi connectivity index (χ2n) is 1.85. The van der Waals surface area contributed by atoms with Crippen LogP contribution >= 0.6 is 11.6 Å². The van der Waals surface area contributed by atoms with Gasteiger partial charge in [-0.05, 0) is 12.1 Å². The monoisotopic (exact) mass is 147 g/mol. The van der Waals surface area contributed by atoms with Crippen LogP contribution in [0.3, 0.4) is 0 Å². The summed E-state index contributed by atoms with van der Waals surface area (Å²) in [6, 6.07) is 6.73. The van der Waals surface area contributed by atoms with E-state index in [1.807, 2.05) is 6.07 Å². The molecule has 46 valence electrons. The lowest BCUT2D eigenvalue weighted by atomic mass is 9.95. The second kappa shape index (κ2) is 2.77. The number of hydrogen-bond acceptors (Lipinski definition) is 1. The summed E-state index contributed by atoms with van der Waals surface area (Å²) in [5.41, 5.74) is 0.975. The molecule has 10 heavy (non-hydrogen) atoms. The third-order valence-electron chi connectivity index (χ3n) is 1.11. The maximum Gasteiger partial charge on any atom is 0.113 e. The molecule has 0 spiro atoms. The number of benzene rings is 1. The van der Waals surface area contributed by atoms with E-state index in [2.05, 4.69) is 0 Å². The van der Waals surface area contributed by atoms with E-state index in [1.54, 1.807) is 18.2 Å². The van der Waals surface area contributed by atoms with Gasteiger partial charge in [0.25, 0.3) is 0 Å². The fourth-order valence-electron chi connectivity index (χ4n) is 0.629. The molecule has 1 aromatic rings. The first-order valence-corrected chi connectivity index (χ1v) is 3.07. The first kappa shape index (κ1) is 7.18. The zero-order chi connectivity index (χ0) is 7.56. The van der Waals surface area contributed by atoms with Crippen molar-refractivity contribution in [1.29, 1.82) is 5.26 Å². The van der Waals surface area contributed by atoms with Crippen molar-refractivity contribution in [3.8, 4) is 6.07 Å². The molecular formula is C7H3BClN. The quantitative estimate of drug-likeness (QED) is 0.502. The third-order valence-corrected chi connectivity index (χ3v) is 1.44. The summed E-state index contributed by atoms with van der Waals surface area (Å²) in [5, 5.41) is 8.89. The molecule has 0 saturated heterocycles. The van der Waals surface area contributed by atoms with Gasteiger partial charge in [-0.1, -0.05) is 23.1 Å². The molecule has 0 bridgehead atoms. The van der Waals surface area contributed by atoms with Crippen LogP contribution in [0.5, 0.6) is 0 Å². The van der Waals surface area contributed by atoms with Gasteiger partial charge in [-0.3, -0.25) is 0 Å². The zero-order valence-corrected chi connectivity index (χ0v) is 5.89. The summed E-state index contributed by atoms with van der Waals surface area (Å²) in [5.74, 6) is 0. The highest BCUT2D eigenvalue weighted by molar-refractivity contribution is 6.35. The Balaban J connectivity index is 3.25. The molecule has 1 nitrogen and oxygen atoms in total. The summed E-state index contributed by atoms with van der Waals surface area (Å²) in [6.07, 6.45) is 0. The van der Waals surface area contributed by atoms with Gasteiger partial charge in [-0.25, -0.2) is 0 Å². The summed E-state index contributed by atoms with van der Waals surface area (Å²) < 4.78 is 0. The van der Waals surface area contributed by atoms with Gasteiger partial charge in [0, 0.05) is 0 Å². The van der Waals surface area contributed by atoms with Crippen molar-refractivity contribution in [2.75, 3.05) is 0 Å². The van der Waals surface area contributed by atoms with Crippen LogP contribution in [0.15, 0.2) is 18.2 Å². The molecule has 0 fully saturated rings. The van der Waals surface area contributed by atoms with E-state index in [0.717, 1.165) is 0 Å². The van der Waals surface area contributed by atoms with Crippen molar-refractivity contribution in [3.63, 3.8) is 0 Å². The Labute approximate surface area is 65.6 Å². The van der Waals surface area contributed by atoms with Crippen molar-refractivity contribution in [1.82, 2.24) is 0 Å². The smallest absolute Gasteiger partial charge is 0.113 e. The Morgan fingerprint density at radius 2 is 2.20 bits per heavy atom. The van der Waals surface area contributed by atoms with Gasteiger partial charge in [-0.15, -0.1) is 0 Å². The molecule has 0 N–H and O–H groups in total. The van der Waals surface area contributed by atoms with Crippen molar-refractivity contribution in [3.05, 3.63) is 28.8 Å². The molecule has 2 radical (unpaired) electrons. The van der Waals surface area contributed by atoms with E-state index >= 15 is 0 Å². The Hall–Kier alpha value is -0.935. The zero-order valence-electron chi connectivity index (χ0n) is 5.13. The minimum Gasteiger partial charge on any atom is -0.192 e. The Bertz CT molecular complexity index is 290. The van der Waals surface area contributed by atoms with Crippen molar-refractivity contribution in [2.24, 2.45) is 0 Å². The van der Waals surface area contributed by atoms with Gasteiger partial charge in [0.15, 0.2) is 0 Å². The van der Waals surface area contributed by atoms with E-state index in [0.29, 0.717) is 16.0 Å². The lowest BCUT2D eigenvalue weighted by Crippen LogP contribution is -2.01. The van der Waals surface area contributed by atoms with Crippen LogP contribution < -0.4 is 5.46 Å². The van der Waals surface area contributed by atoms with Gasteiger partial charge in [0.1, 0.15) is 13.9 Å². The fraction of sp³-hybridized carbons (Fsp3) is 0. The highest BCUT2D eigenvalue weighted by atomic mass is 35.5. The van der Waals surface area contributed by atoms with Gasteiger partial charge in [0.05, 0.1) is 10.6 Å². The minimum absolute atomic E-state index is 0.418. The van der Waals surface area contributed by atoms with Gasteiger partial charge in [0.2, 0.25) is 0 Å². The highest BCUT2D eigenvalue weighted by Crippen LogP contribution is 2.11. The summed E-state index contributed by atoms with van der Waals surface area (Å²) >= 11 is 5.62. The van der Waals surface area contributed by atoms with Gasteiger partial charge in [-0.2, -0.15) is 5.26 Å². The molecule has 0 amide bonds. The van der Waals surface area contributed by atoms with Crippen LogP contribution in [0.1, 0.15) is 5.56 Å². The van der Waals surface area contributed by atoms with E-state index in [1.165, 1.54) is 0 Å². The molecule has 1 aromatic carbocycles. The standard InChI is InChI=1S/C7H3BClN/c8-6-1-2-7(9)5(3-6)4-10/h1-3H. The van der Waals surface area contributed by atoms with E-state index in [-0.39, 0.29) is 0 Å². The van der Waals surface area contributed by atoms with Crippen LogP contribution in [0.2, 0.25) is 5.02 Å².